The fourth-order valence-corrected chi connectivity index (χ4v) is 4.62. The van der Waals surface area contributed by atoms with Crippen molar-refractivity contribution in [1.82, 2.24) is 10.2 Å². The Kier molecular flexibility index (Phi) is 10.4. The van der Waals surface area contributed by atoms with Crippen molar-refractivity contribution in [1.29, 1.82) is 0 Å². The molecule has 0 aliphatic rings. The second-order valence-corrected chi connectivity index (χ2v) is 11.0. The maximum Gasteiger partial charge on any atom is 0.242 e. The third kappa shape index (κ3) is 8.74. The summed E-state index contributed by atoms with van der Waals surface area (Å²) in [5.74, 6) is 0.206. The fourth-order valence-electron chi connectivity index (χ4n) is 3.53. The number of carbonyl (C=O) groups is 2. The van der Waals surface area contributed by atoms with Crippen LogP contribution in [0.4, 0.5) is 5.69 Å². The van der Waals surface area contributed by atoms with E-state index in [1.54, 1.807) is 50.4 Å². The van der Waals surface area contributed by atoms with Crippen LogP contribution in [0.15, 0.2) is 48.5 Å². The van der Waals surface area contributed by atoms with Crippen molar-refractivity contribution in [2.24, 2.45) is 0 Å². The molecule has 0 saturated heterocycles. The molecule has 0 fully saturated rings. The van der Waals surface area contributed by atoms with Crippen molar-refractivity contribution in [3.63, 3.8) is 0 Å². The van der Waals surface area contributed by atoms with Crippen LogP contribution in [0.1, 0.15) is 39.2 Å². The molecular formula is C25H34ClN3O5S. The smallest absolute Gasteiger partial charge is 0.242 e. The van der Waals surface area contributed by atoms with E-state index in [4.69, 9.17) is 16.3 Å². The van der Waals surface area contributed by atoms with E-state index in [2.05, 4.69) is 5.32 Å². The zero-order valence-corrected chi connectivity index (χ0v) is 22.4. The first-order valence-corrected chi connectivity index (χ1v) is 13.6. The number of nitrogens with one attached hydrogen (secondary N) is 1. The predicted octanol–water partition coefficient (Wildman–Crippen LogP) is 3.84. The van der Waals surface area contributed by atoms with Crippen molar-refractivity contribution in [3.8, 4) is 5.75 Å². The number of hydrogen-bond acceptors (Lipinski definition) is 5. The summed E-state index contributed by atoms with van der Waals surface area (Å²) in [6.07, 6.45) is 1.49. The van der Waals surface area contributed by atoms with E-state index in [-0.39, 0.29) is 43.8 Å². The molecule has 0 aromatic heterocycles. The third-order valence-electron chi connectivity index (χ3n) is 5.38. The molecule has 10 heteroatoms. The lowest BCUT2D eigenvalue weighted by Crippen LogP contribution is -2.49. The lowest BCUT2D eigenvalue weighted by molar-refractivity contribution is -0.140. The molecule has 0 radical (unpaired) electrons. The highest BCUT2D eigenvalue weighted by molar-refractivity contribution is 7.92. The molecule has 1 atom stereocenters. The van der Waals surface area contributed by atoms with Crippen molar-refractivity contribution in [2.45, 2.75) is 52.2 Å². The normalized spacial score (nSPS) is 12.2. The van der Waals surface area contributed by atoms with Crippen molar-refractivity contribution in [2.75, 3.05) is 24.2 Å². The van der Waals surface area contributed by atoms with Crippen LogP contribution < -0.4 is 14.4 Å². The second kappa shape index (κ2) is 12.8. The van der Waals surface area contributed by atoms with Crippen molar-refractivity contribution >= 4 is 39.1 Å². The lowest BCUT2D eigenvalue weighted by Gasteiger charge is -2.30. The summed E-state index contributed by atoms with van der Waals surface area (Å²) in [6, 6.07) is 13.0. The second-order valence-electron chi connectivity index (χ2n) is 8.62. The van der Waals surface area contributed by atoms with E-state index in [9.17, 15) is 18.0 Å². The van der Waals surface area contributed by atoms with Gasteiger partial charge >= 0.3 is 0 Å². The molecule has 192 valence electrons. The van der Waals surface area contributed by atoms with Gasteiger partial charge in [0.1, 0.15) is 11.8 Å². The van der Waals surface area contributed by atoms with Gasteiger partial charge in [-0.25, -0.2) is 8.42 Å². The number of halogens is 1. The van der Waals surface area contributed by atoms with E-state index >= 15 is 0 Å². The van der Waals surface area contributed by atoms with Gasteiger partial charge < -0.3 is 15.0 Å². The predicted molar refractivity (Wildman–Crippen MR) is 139 cm³/mol. The summed E-state index contributed by atoms with van der Waals surface area (Å²) in [5, 5.41) is 3.35. The number of amides is 2. The highest BCUT2D eigenvalue weighted by atomic mass is 35.5. The van der Waals surface area contributed by atoms with Gasteiger partial charge in [-0.05, 0) is 69.2 Å². The first-order chi connectivity index (χ1) is 16.4. The quantitative estimate of drug-likeness (QED) is 0.456. The number of hydrogen-bond donors (Lipinski definition) is 1. The van der Waals surface area contributed by atoms with Gasteiger partial charge in [-0.2, -0.15) is 0 Å². The average molecular weight is 524 g/mol. The van der Waals surface area contributed by atoms with E-state index in [1.807, 2.05) is 26.0 Å². The number of rotatable bonds is 12. The summed E-state index contributed by atoms with van der Waals surface area (Å²) in [5.41, 5.74) is 1.33. The Morgan fingerprint density at radius 1 is 1.03 bits per heavy atom. The minimum absolute atomic E-state index is 0.0643. The van der Waals surface area contributed by atoms with Gasteiger partial charge in [0.25, 0.3) is 0 Å². The summed E-state index contributed by atoms with van der Waals surface area (Å²) in [7, 11) is -1.98. The molecule has 0 aliphatic heterocycles. The van der Waals surface area contributed by atoms with Crippen LogP contribution >= 0.6 is 11.6 Å². The minimum atomic E-state index is -3.56. The fraction of sp³-hybridized carbons (Fsp3) is 0.440. The minimum Gasteiger partial charge on any atom is -0.497 e. The molecule has 0 spiro atoms. The first kappa shape index (κ1) is 28.5. The van der Waals surface area contributed by atoms with E-state index < -0.39 is 16.1 Å². The van der Waals surface area contributed by atoms with Crippen LogP contribution in [0.2, 0.25) is 5.02 Å². The Balaban J connectivity index is 2.16. The zero-order chi connectivity index (χ0) is 26.2. The SMILES string of the molecule is COc1ccc(CN(C(=O)CCCN(c2ccc(Cl)cc2)S(C)(=O)=O)[C@H](C)C(=O)NC(C)C)cc1. The van der Waals surface area contributed by atoms with Gasteiger partial charge in [-0.15, -0.1) is 0 Å². The van der Waals surface area contributed by atoms with Crippen LogP contribution in [-0.4, -0.2) is 57.1 Å². The number of methoxy groups -OCH3 is 1. The number of benzene rings is 2. The molecule has 2 aromatic rings. The van der Waals surface area contributed by atoms with Gasteiger partial charge in [0.2, 0.25) is 21.8 Å². The summed E-state index contributed by atoms with van der Waals surface area (Å²) < 4.78 is 31.1. The molecule has 0 heterocycles. The molecule has 0 aliphatic carbocycles. The van der Waals surface area contributed by atoms with Crippen molar-refractivity contribution < 1.29 is 22.7 Å². The highest BCUT2D eigenvalue weighted by Crippen LogP contribution is 2.22. The third-order valence-corrected chi connectivity index (χ3v) is 6.82. The van der Waals surface area contributed by atoms with Crippen LogP contribution in [-0.2, 0) is 26.2 Å². The van der Waals surface area contributed by atoms with Crippen LogP contribution in [0, 0.1) is 0 Å². The number of ether oxygens (including phenoxy) is 1. The Morgan fingerprint density at radius 2 is 1.63 bits per heavy atom. The Bertz CT molecular complexity index is 1090. The van der Waals surface area contributed by atoms with Gasteiger partial charge in [-0.1, -0.05) is 23.7 Å². The first-order valence-electron chi connectivity index (χ1n) is 11.4. The standard InChI is InChI=1S/C25H34ClN3O5S/c1-18(2)27-25(31)19(3)28(17-20-8-14-23(34-4)15-9-20)24(30)7-6-16-29(35(5,32)33)22-12-10-21(26)11-13-22/h8-15,18-19H,6-7,16-17H2,1-5H3,(H,27,31)/t19-/m1/s1. The molecule has 8 nitrogen and oxygen atoms in total. The molecule has 1 N–H and O–H groups in total. The van der Waals surface area contributed by atoms with Gasteiger partial charge in [0.05, 0.1) is 19.1 Å². The monoisotopic (exact) mass is 523 g/mol. The lowest BCUT2D eigenvalue weighted by atomic mass is 10.1. The molecule has 0 unspecified atom stereocenters. The summed E-state index contributed by atoms with van der Waals surface area (Å²) in [4.78, 5) is 27.5. The largest absolute Gasteiger partial charge is 0.497 e. The molecule has 2 rings (SSSR count). The average Bonchev–Trinajstić information content (AvgIpc) is 2.79. The summed E-state index contributed by atoms with van der Waals surface area (Å²) >= 11 is 5.92. The topological polar surface area (TPSA) is 96.0 Å². The number of anilines is 1. The molecule has 2 amide bonds. The summed E-state index contributed by atoms with van der Waals surface area (Å²) in [6.45, 7) is 5.76. The molecule has 2 aromatic carbocycles. The van der Waals surface area contributed by atoms with Crippen LogP contribution in [0.25, 0.3) is 0 Å². The number of sulfonamides is 1. The number of carbonyl (C=O) groups excluding carboxylic acids is 2. The van der Waals surface area contributed by atoms with E-state index in [0.29, 0.717) is 16.5 Å². The maximum absolute atomic E-state index is 13.3. The molecule has 0 saturated carbocycles. The van der Waals surface area contributed by atoms with Gasteiger partial charge in [0, 0.05) is 30.6 Å². The van der Waals surface area contributed by atoms with Crippen molar-refractivity contribution in [3.05, 3.63) is 59.1 Å². The Morgan fingerprint density at radius 3 is 2.14 bits per heavy atom. The molecule has 0 bridgehead atoms. The van der Waals surface area contributed by atoms with Gasteiger partial charge in [-0.3, -0.25) is 13.9 Å². The Hall–Kier alpha value is -2.78. The van der Waals surface area contributed by atoms with E-state index in [0.717, 1.165) is 11.8 Å². The van der Waals surface area contributed by atoms with E-state index in [1.165, 1.54) is 9.21 Å². The zero-order valence-electron chi connectivity index (χ0n) is 20.8. The highest BCUT2D eigenvalue weighted by Gasteiger charge is 2.27. The molecule has 35 heavy (non-hydrogen) atoms. The van der Waals surface area contributed by atoms with Crippen LogP contribution in [0.3, 0.4) is 0 Å². The van der Waals surface area contributed by atoms with Crippen LogP contribution in [0.5, 0.6) is 5.75 Å². The number of nitrogens with zero attached hydrogens (tertiary/aromatic N) is 2. The van der Waals surface area contributed by atoms with Gasteiger partial charge in [0.15, 0.2) is 0 Å². The molecular weight excluding hydrogens is 490 g/mol. The maximum atomic E-state index is 13.3. The Labute approximate surface area is 213 Å².